The first kappa shape index (κ1) is 25.5. The molecule has 2 N–H and O–H groups in total. The van der Waals surface area contributed by atoms with Gasteiger partial charge in [0.1, 0.15) is 12.4 Å². The van der Waals surface area contributed by atoms with E-state index in [9.17, 15) is 0 Å². The normalized spacial score (nSPS) is 10.9. The first-order valence-electron chi connectivity index (χ1n) is 9.71. The van der Waals surface area contributed by atoms with Gasteiger partial charge in [-0.3, -0.25) is 4.99 Å². The predicted octanol–water partition coefficient (Wildman–Crippen LogP) is 5.02. The van der Waals surface area contributed by atoms with Gasteiger partial charge in [-0.05, 0) is 43.0 Å². The lowest BCUT2D eigenvalue weighted by atomic mass is 10.1. The first-order valence-corrected chi connectivity index (χ1v) is 10.1. The minimum absolute atomic E-state index is 0. The van der Waals surface area contributed by atoms with E-state index < -0.39 is 0 Å². The van der Waals surface area contributed by atoms with Crippen LogP contribution >= 0.6 is 35.6 Å². The maximum atomic E-state index is 6.17. The Morgan fingerprint density at radius 2 is 1.72 bits per heavy atom. The van der Waals surface area contributed by atoms with Crippen LogP contribution in [-0.2, 0) is 17.9 Å². The number of rotatable bonds is 11. The van der Waals surface area contributed by atoms with Crippen LogP contribution < -0.4 is 15.4 Å². The minimum atomic E-state index is 0. The van der Waals surface area contributed by atoms with E-state index in [-0.39, 0.29) is 24.0 Å². The van der Waals surface area contributed by atoms with Gasteiger partial charge in [0, 0.05) is 33.4 Å². The Kier molecular flexibility index (Phi) is 13.5. The quantitative estimate of drug-likeness (QED) is 0.185. The van der Waals surface area contributed by atoms with Gasteiger partial charge < -0.3 is 20.1 Å². The average molecular weight is 532 g/mol. The summed E-state index contributed by atoms with van der Waals surface area (Å²) in [5.41, 5.74) is 2.27. The summed E-state index contributed by atoms with van der Waals surface area (Å²) in [6.45, 7) is 5.59. The number of nitrogens with zero attached hydrogens (tertiary/aromatic N) is 1. The predicted molar refractivity (Wildman–Crippen MR) is 132 cm³/mol. The molecule has 160 valence electrons. The van der Waals surface area contributed by atoms with Gasteiger partial charge >= 0.3 is 0 Å². The Bertz CT molecular complexity index is 744. The van der Waals surface area contributed by atoms with Crippen molar-refractivity contribution in [1.82, 2.24) is 10.6 Å². The van der Waals surface area contributed by atoms with Crippen LogP contribution in [0.15, 0.2) is 53.5 Å². The third-order valence-corrected chi connectivity index (χ3v) is 4.53. The van der Waals surface area contributed by atoms with Gasteiger partial charge in [-0.15, -0.1) is 24.0 Å². The highest BCUT2D eigenvalue weighted by Crippen LogP contribution is 2.24. The highest BCUT2D eigenvalue weighted by atomic mass is 127. The molecule has 0 atom stereocenters. The van der Waals surface area contributed by atoms with Gasteiger partial charge in [0.25, 0.3) is 0 Å². The van der Waals surface area contributed by atoms with E-state index in [4.69, 9.17) is 21.1 Å². The molecular weight excluding hydrogens is 501 g/mol. The van der Waals surface area contributed by atoms with Crippen LogP contribution in [0.4, 0.5) is 0 Å². The number of aliphatic imine (C=N–C) groups is 1. The fourth-order valence-corrected chi connectivity index (χ4v) is 2.86. The molecule has 2 aromatic carbocycles. The molecule has 0 saturated carbocycles. The molecule has 0 aliphatic carbocycles. The van der Waals surface area contributed by atoms with Crippen molar-refractivity contribution in [3.63, 3.8) is 0 Å². The molecule has 0 aromatic heterocycles. The lowest BCUT2D eigenvalue weighted by molar-refractivity contribution is 0.143. The number of nitrogens with one attached hydrogen (secondary N) is 2. The van der Waals surface area contributed by atoms with Crippen LogP contribution in [-0.4, -0.2) is 32.8 Å². The molecule has 2 rings (SSSR count). The lowest BCUT2D eigenvalue weighted by Crippen LogP contribution is -2.37. The maximum absolute atomic E-state index is 6.17. The molecule has 0 fully saturated rings. The Labute approximate surface area is 196 Å². The van der Waals surface area contributed by atoms with E-state index in [2.05, 4.69) is 27.8 Å². The highest BCUT2D eigenvalue weighted by molar-refractivity contribution is 14.0. The monoisotopic (exact) mass is 531 g/mol. The second-order valence-electron chi connectivity index (χ2n) is 6.24. The second kappa shape index (κ2) is 15.3. The Hall–Kier alpha value is -1.51. The minimum Gasteiger partial charge on any atom is -0.487 e. The summed E-state index contributed by atoms with van der Waals surface area (Å²) in [6, 6.07) is 15.7. The van der Waals surface area contributed by atoms with Crippen LogP contribution in [0.3, 0.4) is 0 Å². The van der Waals surface area contributed by atoms with Crippen molar-refractivity contribution < 1.29 is 9.47 Å². The SMILES string of the molecule is CCOCCCCNC(=NC)NCc1ccccc1COc1ccccc1Cl.I. The fourth-order valence-electron chi connectivity index (χ4n) is 2.67. The van der Waals surface area contributed by atoms with Gasteiger partial charge in [0.15, 0.2) is 5.96 Å². The molecule has 0 aliphatic heterocycles. The number of hydrogen-bond acceptors (Lipinski definition) is 3. The summed E-state index contributed by atoms with van der Waals surface area (Å²) < 4.78 is 11.2. The molecule has 0 bridgehead atoms. The van der Waals surface area contributed by atoms with Gasteiger partial charge in [-0.25, -0.2) is 0 Å². The zero-order valence-electron chi connectivity index (χ0n) is 17.1. The van der Waals surface area contributed by atoms with Crippen LogP contribution in [0.2, 0.25) is 5.02 Å². The number of unbranched alkanes of at least 4 members (excludes halogenated alkanes) is 1. The topological polar surface area (TPSA) is 54.9 Å². The van der Waals surface area contributed by atoms with E-state index in [0.717, 1.165) is 49.7 Å². The molecule has 0 saturated heterocycles. The molecule has 29 heavy (non-hydrogen) atoms. The summed E-state index contributed by atoms with van der Waals surface area (Å²) in [4.78, 5) is 4.29. The molecule has 2 aromatic rings. The Balaban J connectivity index is 0.00000420. The average Bonchev–Trinajstić information content (AvgIpc) is 2.73. The van der Waals surface area contributed by atoms with Crippen molar-refractivity contribution in [2.45, 2.75) is 32.9 Å². The highest BCUT2D eigenvalue weighted by Gasteiger charge is 2.06. The molecule has 7 heteroatoms. The largest absolute Gasteiger partial charge is 0.487 e. The summed E-state index contributed by atoms with van der Waals surface area (Å²) in [7, 11) is 1.78. The number of guanidine groups is 1. The van der Waals surface area contributed by atoms with Crippen molar-refractivity contribution in [2.24, 2.45) is 4.99 Å². The van der Waals surface area contributed by atoms with Crippen LogP contribution in [0.1, 0.15) is 30.9 Å². The van der Waals surface area contributed by atoms with Gasteiger partial charge in [-0.2, -0.15) is 0 Å². The van der Waals surface area contributed by atoms with Crippen molar-refractivity contribution in [3.8, 4) is 5.75 Å². The number of para-hydroxylation sites is 1. The van der Waals surface area contributed by atoms with Crippen LogP contribution in [0.25, 0.3) is 0 Å². The summed E-state index contributed by atoms with van der Waals surface area (Å²) in [5.74, 6) is 1.48. The fraction of sp³-hybridized carbons (Fsp3) is 0.409. The molecule has 0 unspecified atom stereocenters. The number of ether oxygens (including phenoxy) is 2. The zero-order chi connectivity index (χ0) is 20.0. The number of hydrogen-bond donors (Lipinski definition) is 2. The summed E-state index contributed by atoms with van der Waals surface area (Å²) >= 11 is 6.17. The van der Waals surface area contributed by atoms with Crippen molar-refractivity contribution in [3.05, 3.63) is 64.7 Å². The number of halogens is 2. The van der Waals surface area contributed by atoms with Gasteiger partial charge in [0.2, 0.25) is 0 Å². The van der Waals surface area contributed by atoms with E-state index in [1.807, 2.05) is 43.3 Å². The molecular formula is C22H31ClIN3O2. The second-order valence-corrected chi connectivity index (χ2v) is 6.65. The molecule has 0 aliphatic rings. The molecule has 5 nitrogen and oxygen atoms in total. The Morgan fingerprint density at radius 1 is 1.00 bits per heavy atom. The van der Waals surface area contributed by atoms with Gasteiger partial charge in [-0.1, -0.05) is 48.0 Å². The van der Waals surface area contributed by atoms with E-state index >= 15 is 0 Å². The van der Waals surface area contributed by atoms with Crippen LogP contribution in [0.5, 0.6) is 5.75 Å². The molecule has 0 spiro atoms. The summed E-state index contributed by atoms with van der Waals surface area (Å²) in [5, 5.41) is 7.32. The zero-order valence-corrected chi connectivity index (χ0v) is 20.2. The molecule has 0 heterocycles. The van der Waals surface area contributed by atoms with Crippen molar-refractivity contribution >= 4 is 41.5 Å². The lowest BCUT2D eigenvalue weighted by Gasteiger charge is -2.15. The standard InChI is InChI=1S/C22H30ClN3O2.HI/c1-3-27-15-9-8-14-25-22(24-2)26-16-18-10-4-5-11-19(18)17-28-21-13-7-6-12-20(21)23;/h4-7,10-13H,3,8-9,14-17H2,1-2H3,(H2,24,25,26);1H. The molecule has 0 radical (unpaired) electrons. The molecule has 0 amide bonds. The van der Waals surface area contributed by atoms with Gasteiger partial charge in [0.05, 0.1) is 5.02 Å². The first-order chi connectivity index (χ1) is 13.7. The van der Waals surface area contributed by atoms with E-state index in [1.165, 1.54) is 0 Å². The van der Waals surface area contributed by atoms with Crippen LogP contribution in [0, 0.1) is 0 Å². The van der Waals surface area contributed by atoms with E-state index in [0.29, 0.717) is 23.9 Å². The number of benzene rings is 2. The third-order valence-electron chi connectivity index (χ3n) is 4.22. The maximum Gasteiger partial charge on any atom is 0.191 e. The smallest absolute Gasteiger partial charge is 0.191 e. The van der Waals surface area contributed by atoms with Crippen molar-refractivity contribution in [2.75, 3.05) is 26.8 Å². The summed E-state index contributed by atoms with van der Waals surface area (Å²) in [6.07, 6.45) is 2.09. The van der Waals surface area contributed by atoms with E-state index in [1.54, 1.807) is 7.05 Å². The third kappa shape index (κ3) is 9.69. The van der Waals surface area contributed by atoms with Crippen molar-refractivity contribution in [1.29, 1.82) is 0 Å². The Morgan fingerprint density at radius 3 is 2.45 bits per heavy atom.